The van der Waals surface area contributed by atoms with Gasteiger partial charge in [-0.2, -0.15) is 0 Å². The number of hydrogen-bond donors (Lipinski definition) is 1. The van der Waals surface area contributed by atoms with Crippen LogP contribution in [0.3, 0.4) is 0 Å². The third kappa shape index (κ3) is 1.77. The summed E-state index contributed by atoms with van der Waals surface area (Å²) in [5, 5.41) is 1.17. The Morgan fingerprint density at radius 1 is 1.50 bits per heavy atom. The van der Waals surface area contributed by atoms with E-state index in [-0.39, 0.29) is 0 Å². The van der Waals surface area contributed by atoms with E-state index in [2.05, 4.69) is 33.9 Å². The van der Waals surface area contributed by atoms with E-state index in [0.29, 0.717) is 0 Å². The Hall–Kier alpha value is -0.610. The number of rotatable bonds is 2. The summed E-state index contributed by atoms with van der Waals surface area (Å²) >= 11 is 5.16. The molecule has 2 aromatic rings. The smallest absolute Gasteiger partial charge is 0.104 e. The molecule has 0 bridgehead atoms. The summed E-state index contributed by atoms with van der Waals surface area (Å²) in [6, 6.07) is 3.97. The highest BCUT2D eigenvalue weighted by Crippen LogP contribution is 2.30. The molecule has 0 unspecified atom stereocenters. The number of benzene rings is 1. The Morgan fingerprint density at radius 2 is 2.29 bits per heavy atom. The average molecular weight is 271 g/mol. The molecule has 0 spiro atoms. The van der Waals surface area contributed by atoms with Gasteiger partial charge in [-0.3, -0.25) is 0 Å². The number of aromatic nitrogens is 1. The fourth-order valence-corrected chi connectivity index (χ4v) is 3.16. The summed E-state index contributed by atoms with van der Waals surface area (Å²) in [6.45, 7) is 2.16. The Bertz CT molecular complexity index is 464. The molecule has 4 heteroatoms. The van der Waals surface area contributed by atoms with Crippen LogP contribution in [-0.4, -0.2) is 4.98 Å². The van der Waals surface area contributed by atoms with Crippen LogP contribution in [0.2, 0.25) is 0 Å². The Balaban J connectivity index is 2.58. The molecule has 2 N–H and O–H groups in total. The monoisotopic (exact) mass is 270 g/mol. The van der Waals surface area contributed by atoms with Crippen molar-refractivity contribution in [2.24, 2.45) is 0 Å². The van der Waals surface area contributed by atoms with E-state index in [1.165, 1.54) is 9.71 Å². The molecular weight excluding hydrogens is 260 g/mol. The largest absolute Gasteiger partial charge is 0.397 e. The highest BCUT2D eigenvalue weighted by atomic mass is 79.9. The summed E-state index contributed by atoms with van der Waals surface area (Å²) in [6.07, 6.45) is 2.16. The summed E-state index contributed by atoms with van der Waals surface area (Å²) < 4.78 is 2.19. The minimum absolute atomic E-state index is 0.757. The van der Waals surface area contributed by atoms with Gasteiger partial charge in [0.2, 0.25) is 0 Å². The van der Waals surface area contributed by atoms with Crippen LogP contribution in [0.1, 0.15) is 18.4 Å². The Morgan fingerprint density at radius 3 is 3.00 bits per heavy atom. The molecule has 0 aliphatic carbocycles. The second-order valence-electron chi connectivity index (χ2n) is 3.20. The molecule has 0 radical (unpaired) electrons. The van der Waals surface area contributed by atoms with Gasteiger partial charge in [0, 0.05) is 4.47 Å². The van der Waals surface area contributed by atoms with Crippen LogP contribution in [0.25, 0.3) is 10.2 Å². The zero-order valence-corrected chi connectivity index (χ0v) is 10.3. The normalized spacial score (nSPS) is 11.0. The second kappa shape index (κ2) is 3.87. The van der Waals surface area contributed by atoms with Crippen molar-refractivity contribution in [2.45, 2.75) is 19.8 Å². The number of nitrogens with two attached hydrogens (primary N) is 1. The van der Waals surface area contributed by atoms with Gasteiger partial charge in [0.05, 0.1) is 15.4 Å². The van der Waals surface area contributed by atoms with Crippen molar-refractivity contribution >= 4 is 43.2 Å². The predicted molar refractivity (Wildman–Crippen MR) is 65.7 cm³/mol. The molecule has 0 atom stereocenters. The SMILES string of the molecule is CCCc1nc2c(N)cc(Br)cc2s1. The van der Waals surface area contributed by atoms with Gasteiger partial charge in [-0.25, -0.2) is 4.98 Å². The van der Waals surface area contributed by atoms with Crippen molar-refractivity contribution in [3.05, 3.63) is 21.6 Å². The summed E-state index contributed by atoms with van der Waals surface area (Å²) in [4.78, 5) is 4.52. The lowest BCUT2D eigenvalue weighted by Crippen LogP contribution is -1.87. The molecular formula is C10H11BrN2S. The maximum atomic E-state index is 5.88. The van der Waals surface area contributed by atoms with Crippen molar-refractivity contribution in [3.63, 3.8) is 0 Å². The number of anilines is 1. The number of aryl methyl sites for hydroxylation is 1. The Labute approximate surface area is 95.3 Å². The maximum absolute atomic E-state index is 5.88. The van der Waals surface area contributed by atoms with Gasteiger partial charge < -0.3 is 5.73 Å². The van der Waals surface area contributed by atoms with Crippen LogP contribution in [0.15, 0.2) is 16.6 Å². The minimum Gasteiger partial charge on any atom is -0.397 e. The van der Waals surface area contributed by atoms with Gasteiger partial charge in [0.1, 0.15) is 5.52 Å². The van der Waals surface area contributed by atoms with Crippen molar-refractivity contribution in [3.8, 4) is 0 Å². The summed E-state index contributed by atoms with van der Waals surface area (Å²) in [7, 11) is 0. The first kappa shape index (κ1) is 9.93. The van der Waals surface area contributed by atoms with Crippen molar-refractivity contribution in [2.75, 3.05) is 5.73 Å². The van der Waals surface area contributed by atoms with Crippen molar-refractivity contribution < 1.29 is 0 Å². The first-order valence-corrected chi connectivity index (χ1v) is 6.16. The van der Waals surface area contributed by atoms with E-state index in [0.717, 1.165) is 28.5 Å². The molecule has 74 valence electrons. The molecule has 1 aromatic heterocycles. The molecule has 0 fully saturated rings. The number of halogens is 1. The van der Waals surface area contributed by atoms with Gasteiger partial charge in [-0.15, -0.1) is 11.3 Å². The number of thiazole rings is 1. The lowest BCUT2D eigenvalue weighted by atomic mass is 10.3. The molecule has 1 aromatic carbocycles. The molecule has 14 heavy (non-hydrogen) atoms. The van der Waals surface area contributed by atoms with Gasteiger partial charge in [0.25, 0.3) is 0 Å². The number of fused-ring (bicyclic) bond motifs is 1. The lowest BCUT2D eigenvalue weighted by Gasteiger charge is -1.94. The first-order chi connectivity index (χ1) is 6.70. The van der Waals surface area contributed by atoms with Crippen molar-refractivity contribution in [1.29, 1.82) is 0 Å². The van der Waals surface area contributed by atoms with E-state index >= 15 is 0 Å². The standard InChI is InChI=1S/C10H11BrN2S/c1-2-3-9-13-10-7(12)4-6(11)5-8(10)14-9/h4-5H,2-3,12H2,1H3. The van der Waals surface area contributed by atoms with Crippen LogP contribution in [0.4, 0.5) is 5.69 Å². The fraction of sp³-hybridized carbons (Fsp3) is 0.300. The van der Waals surface area contributed by atoms with Crippen LogP contribution >= 0.6 is 27.3 Å². The molecule has 0 saturated carbocycles. The molecule has 0 saturated heterocycles. The highest BCUT2D eigenvalue weighted by Gasteiger charge is 2.06. The van der Waals surface area contributed by atoms with Crippen LogP contribution in [-0.2, 0) is 6.42 Å². The predicted octanol–water partition coefficient (Wildman–Crippen LogP) is 3.59. The number of hydrogen-bond acceptors (Lipinski definition) is 3. The zero-order valence-electron chi connectivity index (χ0n) is 7.88. The van der Waals surface area contributed by atoms with Gasteiger partial charge in [0.15, 0.2) is 0 Å². The third-order valence-electron chi connectivity index (χ3n) is 2.00. The summed E-state index contributed by atoms with van der Waals surface area (Å²) in [5.41, 5.74) is 7.58. The molecule has 0 aliphatic rings. The van der Waals surface area contributed by atoms with Gasteiger partial charge >= 0.3 is 0 Å². The van der Waals surface area contributed by atoms with E-state index in [1.807, 2.05) is 6.07 Å². The van der Waals surface area contributed by atoms with Crippen molar-refractivity contribution in [1.82, 2.24) is 4.98 Å². The van der Waals surface area contributed by atoms with Gasteiger partial charge in [-0.1, -0.05) is 22.9 Å². The van der Waals surface area contributed by atoms with Crippen LogP contribution in [0, 0.1) is 0 Å². The molecule has 0 amide bonds. The fourth-order valence-electron chi connectivity index (χ4n) is 1.39. The van der Waals surface area contributed by atoms with E-state index in [4.69, 9.17) is 5.73 Å². The van der Waals surface area contributed by atoms with E-state index < -0.39 is 0 Å². The molecule has 2 nitrogen and oxygen atoms in total. The lowest BCUT2D eigenvalue weighted by molar-refractivity contribution is 0.913. The maximum Gasteiger partial charge on any atom is 0.104 e. The average Bonchev–Trinajstić information content (AvgIpc) is 2.48. The van der Waals surface area contributed by atoms with E-state index in [1.54, 1.807) is 11.3 Å². The number of nitrogen functional groups attached to an aromatic ring is 1. The minimum atomic E-state index is 0.757. The zero-order chi connectivity index (χ0) is 10.1. The quantitative estimate of drug-likeness (QED) is 0.848. The first-order valence-electron chi connectivity index (χ1n) is 4.55. The molecule has 1 heterocycles. The third-order valence-corrected chi connectivity index (χ3v) is 3.52. The van der Waals surface area contributed by atoms with Crippen LogP contribution in [0.5, 0.6) is 0 Å². The topological polar surface area (TPSA) is 38.9 Å². The second-order valence-corrected chi connectivity index (χ2v) is 5.23. The highest BCUT2D eigenvalue weighted by molar-refractivity contribution is 9.10. The Kier molecular flexibility index (Phi) is 2.74. The van der Waals surface area contributed by atoms with Crippen LogP contribution < -0.4 is 5.73 Å². The molecule has 2 rings (SSSR count). The molecule has 0 aliphatic heterocycles. The van der Waals surface area contributed by atoms with E-state index in [9.17, 15) is 0 Å². The van der Waals surface area contributed by atoms with Gasteiger partial charge in [-0.05, 0) is 25.0 Å². The summed E-state index contributed by atoms with van der Waals surface area (Å²) in [5.74, 6) is 0. The number of nitrogens with zero attached hydrogens (tertiary/aromatic N) is 1.